The first kappa shape index (κ1) is 12.8. The summed E-state index contributed by atoms with van der Waals surface area (Å²) in [6.45, 7) is 4.00. The molecule has 0 aromatic carbocycles. The fraction of sp³-hybridized carbons (Fsp3) is 0.857. The van der Waals surface area contributed by atoms with E-state index in [0.29, 0.717) is 18.0 Å². The number of thiocarbonyl (C=S) groups is 1. The maximum atomic E-state index is 11.2. The molecule has 6 heteroatoms. The lowest BCUT2D eigenvalue weighted by atomic mass is 10.3. The molecule has 0 aromatic heterocycles. The van der Waals surface area contributed by atoms with Crippen LogP contribution in [0.4, 0.5) is 0 Å². The average Bonchev–Trinajstić information content (AvgIpc) is 1.81. The summed E-state index contributed by atoms with van der Waals surface area (Å²) in [5.74, 6) is 0.270. The van der Waals surface area contributed by atoms with Crippen LogP contribution in [-0.2, 0) is 10.0 Å². The van der Waals surface area contributed by atoms with Crippen LogP contribution in [-0.4, -0.2) is 25.7 Å². The lowest BCUT2D eigenvalue weighted by Crippen LogP contribution is -2.31. The molecule has 78 valence electrons. The fourth-order valence-electron chi connectivity index (χ4n) is 0.827. The Bertz CT molecular complexity index is 260. The van der Waals surface area contributed by atoms with Crippen LogP contribution in [0, 0.1) is 5.92 Å². The van der Waals surface area contributed by atoms with Gasteiger partial charge in [-0.2, -0.15) is 0 Å². The lowest BCUT2D eigenvalue weighted by molar-refractivity contribution is 0.569. The summed E-state index contributed by atoms with van der Waals surface area (Å²) >= 11 is 4.61. The predicted octanol–water partition coefficient (Wildman–Crippen LogP) is 0.238. The normalized spacial score (nSPS) is 11.9. The van der Waals surface area contributed by atoms with Crippen molar-refractivity contribution in [2.45, 2.75) is 20.3 Å². The van der Waals surface area contributed by atoms with E-state index >= 15 is 0 Å². The first-order chi connectivity index (χ1) is 5.83. The van der Waals surface area contributed by atoms with E-state index < -0.39 is 10.0 Å². The SMILES string of the molecule is CC(C)CS(=O)(=O)NCCC(N)=S. The predicted molar refractivity (Wildman–Crippen MR) is 58.0 cm³/mol. The van der Waals surface area contributed by atoms with Crippen LogP contribution in [0.15, 0.2) is 0 Å². The van der Waals surface area contributed by atoms with Gasteiger partial charge in [0, 0.05) is 13.0 Å². The minimum atomic E-state index is -3.14. The van der Waals surface area contributed by atoms with E-state index in [9.17, 15) is 8.42 Å². The number of hydrogen-bond donors (Lipinski definition) is 2. The molecule has 3 N–H and O–H groups in total. The van der Waals surface area contributed by atoms with Crippen LogP contribution in [0.1, 0.15) is 20.3 Å². The third-order valence-electron chi connectivity index (χ3n) is 1.25. The standard InChI is InChI=1S/C7H16N2O2S2/c1-6(2)5-13(10,11)9-4-3-7(8)12/h6,9H,3-5H2,1-2H3,(H2,8,12). The second kappa shape index (κ2) is 5.51. The van der Waals surface area contributed by atoms with Crippen LogP contribution in [0.3, 0.4) is 0 Å². The summed E-state index contributed by atoms with van der Waals surface area (Å²) in [6, 6.07) is 0. The van der Waals surface area contributed by atoms with Gasteiger partial charge in [0.15, 0.2) is 0 Å². The Morgan fingerprint density at radius 3 is 2.46 bits per heavy atom. The minimum absolute atomic E-state index is 0.127. The van der Waals surface area contributed by atoms with Gasteiger partial charge in [-0.3, -0.25) is 0 Å². The van der Waals surface area contributed by atoms with Crippen molar-refractivity contribution in [2.24, 2.45) is 11.7 Å². The number of sulfonamides is 1. The Morgan fingerprint density at radius 1 is 1.54 bits per heavy atom. The van der Waals surface area contributed by atoms with Crippen LogP contribution in [0.5, 0.6) is 0 Å². The molecule has 4 nitrogen and oxygen atoms in total. The van der Waals surface area contributed by atoms with E-state index in [4.69, 9.17) is 5.73 Å². The molecule has 13 heavy (non-hydrogen) atoms. The first-order valence-electron chi connectivity index (χ1n) is 4.09. The van der Waals surface area contributed by atoms with Crippen LogP contribution in [0.25, 0.3) is 0 Å². The molecule has 0 rings (SSSR count). The van der Waals surface area contributed by atoms with Crippen LogP contribution >= 0.6 is 12.2 Å². The van der Waals surface area contributed by atoms with Crippen molar-refractivity contribution in [3.8, 4) is 0 Å². The van der Waals surface area contributed by atoms with Crippen LogP contribution < -0.4 is 10.5 Å². The molecule has 0 fully saturated rings. The molecule has 0 amide bonds. The monoisotopic (exact) mass is 224 g/mol. The molecule has 0 unspecified atom stereocenters. The Morgan fingerprint density at radius 2 is 2.08 bits per heavy atom. The highest BCUT2D eigenvalue weighted by molar-refractivity contribution is 7.89. The zero-order valence-corrected chi connectivity index (χ0v) is 9.54. The number of nitrogens with two attached hydrogens (primary N) is 1. The third kappa shape index (κ3) is 8.14. The molecule has 0 saturated carbocycles. The molecule has 0 saturated heterocycles. The molecule has 0 aromatic rings. The van der Waals surface area contributed by atoms with Crippen molar-refractivity contribution < 1.29 is 8.42 Å². The number of nitrogens with one attached hydrogen (secondary N) is 1. The molecule has 0 heterocycles. The first-order valence-corrected chi connectivity index (χ1v) is 6.15. The maximum Gasteiger partial charge on any atom is 0.211 e. The van der Waals surface area contributed by atoms with Gasteiger partial charge in [0.05, 0.1) is 10.7 Å². The molecule has 0 spiro atoms. The summed E-state index contributed by atoms with van der Waals surface area (Å²) in [5, 5.41) is 0. The smallest absolute Gasteiger partial charge is 0.211 e. The second-order valence-corrected chi connectivity index (χ2v) is 5.66. The van der Waals surface area contributed by atoms with E-state index in [-0.39, 0.29) is 11.7 Å². The Hall–Kier alpha value is -0.200. The van der Waals surface area contributed by atoms with Crippen LogP contribution in [0.2, 0.25) is 0 Å². The molecule has 0 atom stereocenters. The van der Waals surface area contributed by atoms with E-state index in [1.807, 2.05) is 13.8 Å². The van der Waals surface area contributed by atoms with Gasteiger partial charge < -0.3 is 5.73 Å². The summed E-state index contributed by atoms with van der Waals surface area (Å²) in [6.07, 6.45) is 0.409. The highest BCUT2D eigenvalue weighted by Crippen LogP contribution is 1.97. The molecular weight excluding hydrogens is 208 g/mol. The zero-order chi connectivity index (χ0) is 10.5. The zero-order valence-electron chi connectivity index (χ0n) is 7.91. The highest BCUT2D eigenvalue weighted by Gasteiger charge is 2.11. The summed E-state index contributed by atoms with van der Waals surface area (Å²) in [4.78, 5) is 0.326. The quantitative estimate of drug-likeness (QED) is 0.634. The topological polar surface area (TPSA) is 72.2 Å². The summed E-state index contributed by atoms with van der Waals surface area (Å²) < 4.78 is 24.9. The molecule has 0 bridgehead atoms. The lowest BCUT2D eigenvalue weighted by Gasteiger charge is -2.07. The van der Waals surface area contributed by atoms with E-state index in [2.05, 4.69) is 16.9 Å². The van der Waals surface area contributed by atoms with Crippen molar-refractivity contribution in [1.29, 1.82) is 0 Å². The van der Waals surface area contributed by atoms with Gasteiger partial charge in [0.25, 0.3) is 0 Å². The fourth-order valence-corrected chi connectivity index (χ4v) is 2.34. The largest absolute Gasteiger partial charge is 0.393 e. The molecule has 0 aliphatic heterocycles. The van der Waals surface area contributed by atoms with Gasteiger partial charge >= 0.3 is 0 Å². The van der Waals surface area contributed by atoms with Gasteiger partial charge in [-0.15, -0.1) is 0 Å². The number of rotatable bonds is 6. The van der Waals surface area contributed by atoms with Gasteiger partial charge in [0.1, 0.15) is 0 Å². The van der Waals surface area contributed by atoms with Crippen molar-refractivity contribution in [3.05, 3.63) is 0 Å². The molecule has 0 aliphatic rings. The van der Waals surface area contributed by atoms with Crippen molar-refractivity contribution >= 4 is 27.2 Å². The Labute approximate surface area is 84.9 Å². The summed E-state index contributed by atoms with van der Waals surface area (Å²) in [5.41, 5.74) is 5.22. The van der Waals surface area contributed by atoms with E-state index in [1.165, 1.54) is 0 Å². The van der Waals surface area contributed by atoms with Gasteiger partial charge in [-0.05, 0) is 5.92 Å². The maximum absolute atomic E-state index is 11.2. The summed E-state index contributed by atoms with van der Waals surface area (Å²) in [7, 11) is -3.14. The Kier molecular flexibility index (Phi) is 5.43. The molecule has 0 radical (unpaired) electrons. The van der Waals surface area contributed by atoms with Crippen molar-refractivity contribution in [2.75, 3.05) is 12.3 Å². The van der Waals surface area contributed by atoms with Gasteiger partial charge in [0.2, 0.25) is 10.0 Å². The van der Waals surface area contributed by atoms with Gasteiger partial charge in [-0.25, -0.2) is 13.1 Å². The van der Waals surface area contributed by atoms with E-state index in [0.717, 1.165) is 0 Å². The van der Waals surface area contributed by atoms with E-state index in [1.54, 1.807) is 0 Å². The van der Waals surface area contributed by atoms with Gasteiger partial charge in [-0.1, -0.05) is 26.1 Å². The van der Waals surface area contributed by atoms with Crippen molar-refractivity contribution in [3.63, 3.8) is 0 Å². The molecular formula is C7H16N2O2S2. The molecule has 0 aliphatic carbocycles. The average molecular weight is 224 g/mol. The third-order valence-corrected chi connectivity index (χ3v) is 3.20. The number of hydrogen-bond acceptors (Lipinski definition) is 3. The Balaban J connectivity index is 3.84. The highest BCUT2D eigenvalue weighted by atomic mass is 32.2. The van der Waals surface area contributed by atoms with Crippen molar-refractivity contribution in [1.82, 2.24) is 4.72 Å². The minimum Gasteiger partial charge on any atom is -0.393 e. The second-order valence-electron chi connectivity index (χ2n) is 3.29.